The fourth-order valence-corrected chi connectivity index (χ4v) is 3.08. The molecule has 0 spiro atoms. The molecule has 3 aromatic heterocycles. The molecule has 26 heavy (non-hydrogen) atoms. The van der Waals surface area contributed by atoms with E-state index in [1.165, 1.54) is 11.3 Å². The topological polar surface area (TPSA) is 93.8 Å². The molecule has 0 aliphatic heterocycles. The van der Waals surface area contributed by atoms with Crippen molar-refractivity contribution in [3.8, 4) is 22.0 Å². The lowest BCUT2D eigenvalue weighted by Gasteiger charge is -1.99. The normalized spacial score (nSPS) is 10.6. The number of benzene rings is 1. The first-order chi connectivity index (χ1) is 12.8. The molecule has 0 saturated carbocycles. The number of carbonyl (C=O) groups excluding carboxylic acids is 1. The van der Waals surface area contributed by atoms with E-state index in [0.717, 1.165) is 16.3 Å². The molecule has 1 N–H and O–H groups in total. The van der Waals surface area contributed by atoms with E-state index in [0.29, 0.717) is 11.4 Å². The van der Waals surface area contributed by atoms with Crippen molar-refractivity contribution in [2.45, 2.75) is 6.54 Å². The highest BCUT2D eigenvalue weighted by atomic mass is 32.1. The smallest absolute Gasteiger partial charge is 0.290 e. The Balaban J connectivity index is 1.40. The third kappa shape index (κ3) is 3.50. The Morgan fingerprint density at radius 1 is 1.15 bits per heavy atom. The molecule has 0 bridgehead atoms. The summed E-state index contributed by atoms with van der Waals surface area (Å²) in [5.41, 5.74) is 2.96. The second-order valence-corrected chi connectivity index (χ2v) is 6.22. The maximum absolute atomic E-state index is 12.2. The average molecular weight is 363 g/mol. The standard InChI is InChI=1S/C18H13N5O2S/c24-17(16-8-14(23-25-16)12-4-2-1-3-5-12)21-9-13-11-26-18(22-13)15-10-19-6-7-20-15/h1-8,10-11H,9H2,(H,21,24). The van der Waals surface area contributed by atoms with Crippen LogP contribution in [-0.4, -0.2) is 26.0 Å². The molecular formula is C18H13N5O2S. The van der Waals surface area contributed by atoms with Crippen LogP contribution in [0.4, 0.5) is 0 Å². The van der Waals surface area contributed by atoms with Crippen molar-refractivity contribution in [3.63, 3.8) is 0 Å². The third-order valence-corrected chi connectivity index (χ3v) is 4.48. The average Bonchev–Trinajstić information content (AvgIpc) is 3.37. The van der Waals surface area contributed by atoms with Crippen LogP contribution in [0.2, 0.25) is 0 Å². The van der Waals surface area contributed by atoms with E-state index in [4.69, 9.17) is 4.52 Å². The fraction of sp³-hybridized carbons (Fsp3) is 0.0556. The van der Waals surface area contributed by atoms with Crippen molar-refractivity contribution < 1.29 is 9.32 Å². The summed E-state index contributed by atoms with van der Waals surface area (Å²) >= 11 is 1.45. The number of thiazole rings is 1. The van der Waals surface area contributed by atoms with Crippen LogP contribution in [-0.2, 0) is 6.54 Å². The van der Waals surface area contributed by atoms with Crippen molar-refractivity contribution in [2.24, 2.45) is 0 Å². The lowest BCUT2D eigenvalue weighted by Crippen LogP contribution is -2.22. The van der Waals surface area contributed by atoms with Gasteiger partial charge in [0.25, 0.3) is 5.91 Å². The van der Waals surface area contributed by atoms with Crippen LogP contribution in [0, 0.1) is 0 Å². The molecule has 128 valence electrons. The molecule has 0 unspecified atom stereocenters. The second kappa shape index (κ2) is 7.24. The summed E-state index contributed by atoms with van der Waals surface area (Å²) in [5.74, 6) is -0.179. The maximum atomic E-state index is 12.2. The molecule has 0 atom stereocenters. The van der Waals surface area contributed by atoms with Crippen molar-refractivity contribution in [3.05, 3.63) is 71.8 Å². The van der Waals surface area contributed by atoms with Gasteiger partial charge in [-0.2, -0.15) is 0 Å². The first-order valence-corrected chi connectivity index (χ1v) is 8.69. The first-order valence-electron chi connectivity index (χ1n) is 7.81. The van der Waals surface area contributed by atoms with Gasteiger partial charge in [0.05, 0.1) is 18.4 Å². The van der Waals surface area contributed by atoms with E-state index in [2.05, 4.69) is 25.4 Å². The predicted molar refractivity (Wildman–Crippen MR) is 96.2 cm³/mol. The van der Waals surface area contributed by atoms with Crippen LogP contribution in [0.15, 0.2) is 64.9 Å². The first kappa shape index (κ1) is 16.1. The van der Waals surface area contributed by atoms with Gasteiger partial charge in [-0.1, -0.05) is 35.5 Å². The van der Waals surface area contributed by atoms with Crippen LogP contribution >= 0.6 is 11.3 Å². The minimum atomic E-state index is -0.339. The summed E-state index contributed by atoms with van der Waals surface area (Å²) < 4.78 is 5.15. The number of hydrogen-bond acceptors (Lipinski definition) is 7. The number of hydrogen-bond donors (Lipinski definition) is 1. The number of aromatic nitrogens is 4. The summed E-state index contributed by atoms with van der Waals surface area (Å²) in [7, 11) is 0. The lowest BCUT2D eigenvalue weighted by atomic mass is 10.1. The molecule has 4 rings (SSSR count). The van der Waals surface area contributed by atoms with Crippen molar-refractivity contribution in [1.29, 1.82) is 0 Å². The summed E-state index contributed by atoms with van der Waals surface area (Å²) in [5, 5.41) is 9.35. The van der Waals surface area contributed by atoms with Crippen LogP contribution in [0.5, 0.6) is 0 Å². The van der Waals surface area contributed by atoms with Crippen LogP contribution in [0.3, 0.4) is 0 Å². The van der Waals surface area contributed by atoms with E-state index < -0.39 is 0 Å². The molecule has 4 aromatic rings. The Bertz CT molecular complexity index is 1010. The van der Waals surface area contributed by atoms with Gasteiger partial charge in [-0.15, -0.1) is 11.3 Å². The Morgan fingerprint density at radius 3 is 2.85 bits per heavy atom. The van der Waals surface area contributed by atoms with Gasteiger partial charge in [0.15, 0.2) is 0 Å². The molecule has 0 aliphatic rings. The Morgan fingerprint density at radius 2 is 2.04 bits per heavy atom. The highest BCUT2D eigenvalue weighted by molar-refractivity contribution is 7.13. The highest BCUT2D eigenvalue weighted by Gasteiger charge is 2.14. The van der Waals surface area contributed by atoms with E-state index in [1.807, 2.05) is 35.7 Å². The quantitative estimate of drug-likeness (QED) is 0.585. The van der Waals surface area contributed by atoms with Crippen LogP contribution in [0.1, 0.15) is 16.2 Å². The van der Waals surface area contributed by atoms with Gasteiger partial charge in [0, 0.05) is 29.4 Å². The van der Waals surface area contributed by atoms with Gasteiger partial charge in [-0.3, -0.25) is 14.8 Å². The monoisotopic (exact) mass is 363 g/mol. The summed E-state index contributed by atoms with van der Waals surface area (Å²) in [6.07, 6.45) is 4.88. The second-order valence-electron chi connectivity index (χ2n) is 5.36. The highest BCUT2D eigenvalue weighted by Crippen LogP contribution is 2.21. The molecule has 3 heterocycles. The molecule has 0 aliphatic carbocycles. The maximum Gasteiger partial charge on any atom is 0.290 e. The Labute approximate surface area is 152 Å². The van der Waals surface area contributed by atoms with Gasteiger partial charge in [-0.25, -0.2) is 4.98 Å². The van der Waals surface area contributed by atoms with Crippen molar-refractivity contribution >= 4 is 17.2 Å². The molecular weight excluding hydrogens is 350 g/mol. The number of carbonyl (C=O) groups is 1. The number of amides is 1. The van der Waals surface area contributed by atoms with E-state index >= 15 is 0 Å². The third-order valence-electron chi connectivity index (χ3n) is 3.57. The zero-order chi connectivity index (χ0) is 17.8. The van der Waals surface area contributed by atoms with Crippen LogP contribution in [0.25, 0.3) is 22.0 Å². The van der Waals surface area contributed by atoms with E-state index in [-0.39, 0.29) is 18.2 Å². The van der Waals surface area contributed by atoms with Gasteiger partial charge in [0.1, 0.15) is 16.4 Å². The van der Waals surface area contributed by atoms with Crippen LogP contribution < -0.4 is 5.32 Å². The molecule has 1 amide bonds. The van der Waals surface area contributed by atoms with Crippen molar-refractivity contribution in [1.82, 2.24) is 25.4 Å². The molecule has 0 radical (unpaired) electrons. The Kier molecular flexibility index (Phi) is 4.48. The molecule has 0 fully saturated rings. The fourth-order valence-electron chi connectivity index (χ4n) is 2.30. The summed E-state index contributed by atoms with van der Waals surface area (Å²) in [4.78, 5) is 24.9. The SMILES string of the molecule is O=C(NCc1csc(-c2cnccn2)n1)c1cc(-c2ccccc2)no1. The van der Waals surface area contributed by atoms with E-state index in [9.17, 15) is 4.79 Å². The van der Waals surface area contributed by atoms with E-state index in [1.54, 1.807) is 24.7 Å². The summed E-state index contributed by atoms with van der Waals surface area (Å²) in [6, 6.07) is 11.2. The molecule has 7 nitrogen and oxygen atoms in total. The zero-order valence-electron chi connectivity index (χ0n) is 13.5. The van der Waals surface area contributed by atoms with Gasteiger partial charge in [0.2, 0.25) is 5.76 Å². The molecule has 0 saturated heterocycles. The zero-order valence-corrected chi connectivity index (χ0v) is 14.3. The number of nitrogens with zero attached hydrogens (tertiary/aromatic N) is 4. The Hall–Kier alpha value is -3.39. The lowest BCUT2D eigenvalue weighted by molar-refractivity contribution is 0.0913. The number of rotatable bonds is 5. The largest absolute Gasteiger partial charge is 0.350 e. The number of nitrogens with one attached hydrogen (secondary N) is 1. The summed E-state index contributed by atoms with van der Waals surface area (Å²) in [6.45, 7) is 0.289. The van der Waals surface area contributed by atoms with Crippen molar-refractivity contribution in [2.75, 3.05) is 0 Å². The minimum absolute atomic E-state index is 0.160. The predicted octanol–water partition coefficient (Wildman–Crippen LogP) is 3.19. The van der Waals surface area contributed by atoms with Gasteiger partial charge >= 0.3 is 0 Å². The van der Waals surface area contributed by atoms with Gasteiger partial charge in [-0.05, 0) is 0 Å². The molecule has 8 heteroatoms. The minimum Gasteiger partial charge on any atom is -0.350 e. The molecule has 1 aromatic carbocycles. The van der Waals surface area contributed by atoms with Gasteiger partial charge < -0.3 is 9.84 Å².